The number of ether oxygens (including phenoxy) is 1. The minimum Gasteiger partial charge on any atom is -0.497 e. The van der Waals surface area contributed by atoms with E-state index in [0.29, 0.717) is 0 Å². The second kappa shape index (κ2) is 9.42. The van der Waals surface area contributed by atoms with Crippen LogP contribution in [0, 0.1) is 0 Å². The number of allylic oxidation sites excluding steroid dienone is 2. The van der Waals surface area contributed by atoms with Crippen LogP contribution < -0.4 is 4.74 Å². The summed E-state index contributed by atoms with van der Waals surface area (Å²) in [5.74, 6) is 3.80. The molecule has 3 heteroatoms. The summed E-state index contributed by atoms with van der Waals surface area (Å²) in [7, 11) is 1.70. The Labute approximate surface area is 206 Å². The van der Waals surface area contributed by atoms with E-state index in [9.17, 15) is 0 Å². The molecule has 2 aliphatic rings. The third kappa shape index (κ3) is 4.23. The van der Waals surface area contributed by atoms with Crippen molar-refractivity contribution in [1.29, 1.82) is 0 Å². The second-order valence-corrected chi connectivity index (χ2v) is 9.29. The van der Waals surface area contributed by atoms with E-state index < -0.39 is 0 Å². The van der Waals surface area contributed by atoms with E-state index in [4.69, 9.17) is 13.6 Å². The first-order valence-corrected chi connectivity index (χ1v) is 12.5. The molecule has 0 atom stereocenters. The maximum Gasteiger partial charge on any atom is 0.360 e. The van der Waals surface area contributed by atoms with Gasteiger partial charge in [0.05, 0.1) is 35.6 Å². The van der Waals surface area contributed by atoms with Crippen molar-refractivity contribution < 1.29 is 13.6 Å². The third-order valence-corrected chi connectivity index (χ3v) is 7.06. The van der Waals surface area contributed by atoms with Crippen molar-refractivity contribution in [2.75, 3.05) is 7.11 Å². The van der Waals surface area contributed by atoms with E-state index in [-0.39, 0.29) is 0 Å². The highest BCUT2D eigenvalue weighted by atomic mass is 16.5. The Morgan fingerprint density at radius 2 is 1.43 bits per heavy atom. The highest BCUT2D eigenvalue weighted by Gasteiger charge is 2.37. The van der Waals surface area contributed by atoms with Crippen molar-refractivity contribution in [2.24, 2.45) is 0 Å². The van der Waals surface area contributed by atoms with Crippen molar-refractivity contribution in [2.45, 2.75) is 38.5 Å². The Morgan fingerprint density at radius 3 is 2.06 bits per heavy atom. The Balaban J connectivity index is 1.56. The van der Waals surface area contributed by atoms with Crippen molar-refractivity contribution in [3.05, 3.63) is 107 Å². The molecule has 0 unspecified atom stereocenters. The smallest absolute Gasteiger partial charge is 0.360 e. The van der Waals surface area contributed by atoms with Crippen molar-refractivity contribution in [1.82, 2.24) is 0 Å². The highest BCUT2D eigenvalue weighted by molar-refractivity contribution is 5.89. The summed E-state index contributed by atoms with van der Waals surface area (Å²) in [6.45, 7) is 0. The van der Waals surface area contributed by atoms with Gasteiger partial charge in [0.25, 0.3) is 0 Å². The Bertz CT molecular complexity index is 1390. The van der Waals surface area contributed by atoms with E-state index in [2.05, 4.69) is 54.6 Å². The number of hydrogen-bond acceptors (Lipinski definition) is 2. The van der Waals surface area contributed by atoms with E-state index in [0.717, 1.165) is 67.1 Å². The van der Waals surface area contributed by atoms with Gasteiger partial charge < -0.3 is 9.15 Å². The maximum absolute atomic E-state index is 6.87. The molecule has 0 fully saturated rings. The molecule has 4 aromatic rings. The molecular formula is C32H29O3+. The number of hydrogen-bond donors (Lipinski definition) is 0. The topological polar surface area (TPSA) is 33.7 Å². The standard InChI is InChI=1S/C32H29O3/c1-33-26-17-15-22(16-18-26)20-24-10-5-13-28-30(23-8-3-2-4-9-23)29-14-6-11-25(32(29)35-31(24)28)21-27-12-7-19-34-27/h2-4,7-9,12,15-21H,5-6,10-11,13-14H2,1H3/q+1/b24-20+. The minimum atomic E-state index is 0.869. The maximum atomic E-state index is 6.87. The van der Waals surface area contributed by atoms with Crippen LogP contribution >= 0.6 is 0 Å². The van der Waals surface area contributed by atoms with Gasteiger partial charge in [-0.25, -0.2) is 4.42 Å². The summed E-state index contributed by atoms with van der Waals surface area (Å²) >= 11 is 0. The normalized spacial score (nSPS) is 17.3. The summed E-state index contributed by atoms with van der Waals surface area (Å²) in [6, 6.07) is 23.0. The highest BCUT2D eigenvalue weighted by Crippen LogP contribution is 2.46. The molecule has 35 heavy (non-hydrogen) atoms. The second-order valence-electron chi connectivity index (χ2n) is 9.29. The Morgan fingerprint density at radius 1 is 0.743 bits per heavy atom. The lowest BCUT2D eigenvalue weighted by atomic mass is 9.80. The number of rotatable bonds is 4. The molecule has 174 valence electrons. The van der Waals surface area contributed by atoms with Crippen LogP contribution in [0.2, 0.25) is 0 Å². The van der Waals surface area contributed by atoms with Gasteiger partial charge in [-0.1, -0.05) is 42.5 Å². The molecule has 2 aromatic heterocycles. The summed E-state index contributed by atoms with van der Waals surface area (Å²) in [6.07, 6.45) is 12.5. The van der Waals surface area contributed by atoms with Gasteiger partial charge in [0, 0.05) is 5.56 Å². The third-order valence-electron chi connectivity index (χ3n) is 7.06. The molecule has 0 spiro atoms. The van der Waals surface area contributed by atoms with Gasteiger partial charge in [-0.15, -0.1) is 0 Å². The van der Waals surface area contributed by atoms with Gasteiger partial charge in [0.2, 0.25) is 0 Å². The van der Waals surface area contributed by atoms with Gasteiger partial charge in [-0.3, -0.25) is 0 Å². The molecule has 0 bridgehead atoms. The van der Waals surface area contributed by atoms with Crippen LogP contribution in [0.25, 0.3) is 34.4 Å². The quantitative estimate of drug-likeness (QED) is 0.285. The SMILES string of the molecule is COc1ccc(/C=C2\CCCc3c2[o+]c2c(c3-c3ccccc3)CCC/C2=C\c2ccco2)cc1. The van der Waals surface area contributed by atoms with Crippen LogP contribution in [-0.4, -0.2) is 7.11 Å². The van der Waals surface area contributed by atoms with E-state index in [1.54, 1.807) is 13.4 Å². The fourth-order valence-corrected chi connectivity index (χ4v) is 5.44. The molecule has 3 nitrogen and oxygen atoms in total. The summed E-state index contributed by atoms with van der Waals surface area (Å²) < 4.78 is 17.9. The zero-order valence-corrected chi connectivity index (χ0v) is 20.1. The summed E-state index contributed by atoms with van der Waals surface area (Å²) in [5.41, 5.74) is 8.97. The zero-order valence-electron chi connectivity index (χ0n) is 20.1. The number of fused-ring (bicyclic) bond motifs is 2. The van der Waals surface area contributed by atoms with E-state index >= 15 is 0 Å². The molecule has 2 aliphatic carbocycles. The molecule has 2 aromatic carbocycles. The minimum absolute atomic E-state index is 0.869. The molecule has 0 N–H and O–H groups in total. The number of furan rings is 1. The molecule has 0 amide bonds. The van der Waals surface area contributed by atoms with Crippen LogP contribution in [0.5, 0.6) is 5.75 Å². The molecule has 0 radical (unpaired) electrons. The Kier molecular flexibility index (Phi) is 5.83. The van der Waals surface area contributed by atoms with Gasteiger partial charge in [-0.2, -0.15) is 0 Å². The monoisotopic (exact) mass is 461 g/mol. The first kappa shape index (κ1) is 21.7. The average Bonchev–Trinajstić information content (AvgIpc) is 3.42. The molecule has 6 rings (SSSR count). The number of benzene rings is 2. The van der Waals surface area contributed by atoms with Crippen LogP contribution in [0.1, 0.15) is 59.7 Å². The van der Waals surface area contributed by atoms with Crippen LogP contribution in [0.15, 0.2) is 81.8 Å². The fourth-order valence-electron chi connectivity index (χ4n) is 5.44. The molecule has 0 saturated carbocycles. The lowest BCUT2D eigenvalue weighted by Gasteiger charge is -2.21. The largest absolute Gasteiger partial charge is 0.497 e. The summed E-state index contributed by atoms with van der Waals surface area (Å²) in [5, 5.41) is 0. The van der Waals surface area contributed by atoms with Crippen LogP contribution in [-0.2, 0) is 12.8 Å². The molecule has 0 saturated heterocycles. The number of methoxy groups -OCH3 is 1. The van der Waals surface area contributed by atoms with Crippen LogP contribution in [0.3, 0.4) is 0 Å². The fraction of sp³-hybridized carbons (Fsp3) is 0.219. The van der Waals surface area contributed by atoms with Crippen molar-refractivity contribution >= 4 is 23.3 Å². The van der Waals surface area contributed by atoms with E-state index in [1.165, 1.54) is 33.4 Å². The molecular weight excluding hydrogens is 432 g/mol. The van der Waals surface area contributed by atoms with Gasteiger partial charge in [0.15, 0.2) is 0 Å². The molecule has 2 heterocycles. The zero-order chi connectivity index (χ0) is 23.6. The molecule has 0 aliphatic heterocycles. The predicted octanol–water partition coefficient (Wildman–Crippen LogP) is 8.58. The van der Waals surface area contributed by atoms with Crippen molar-refractivity contribution in [3.63, 3.8) is 0 Å². The Hall–Kier alpha value is -3.85. The predicted molar refractivity (Wildman–Crippen MR) is 142 cm³/mol. The summed E-state index contributed by atoms with van der Waals surface area (Å²) in [4.78, 5) is 0. The van der Waals surface area contributed by atoms with Crippen molar-refractivity contribution in [3.8, 4) is 16.9 Å². The van der Waals surface area contributed by atoms with Gasteiger partial charge in [0.1, 0.15) is 11.5 Å². The van der Waals surface area contributed by atoms with Crippen LogP contribution in [0.4, 0.5) is 0 Å². The first-order chi connectivity index (χ1) is 17.3. The van der Waals surface area contributed by atoms with Gasteiger partial charge >= 0.3 is 11.5 Å². The van der Waals surface area contributed by atoms with E-state index in [1.807, 2.05) is 24.3 Å². The lowest BCUT2D eigenvalue weighted by molar-refractivity contribution is 0.415. The van der Waals surface area contributed by atoms with Gasteiger partial charge in [-0.05, 0) is 86.1 Å². The lowest BCUT2D eigenvalue weighted by Crippen LogP contribution is -2.12. The first-order valence-electron chi connectivity index (χ1n) is 12.5. The average molecular weight is 462 g/mol.